The highest BCUT2D eigenvalue weighted by Crippen LogP contribution is 2.25. The number of fused-ring (bicyclic) bond motifs is 3. The van der Waals surface area contributed by atoms with Crippen LogP contribution in [0.4, 0.5) is 4.39 Å². The molecule has 0 radical (unpaired) electrons. The average molecular weight is 375 g/mol. The third kappa shape index (κ3) is 3.53. The minimum atomic E-state index is -0.445. The van der Waals surface area contributed by atoms with Crippen molar-refractivity contribution in [2.75, 3.05) is 13.7 Å². The Morgan fingerprint density at radius 1 is 1.21 bits per heavy atom. The molecule has 0 atom stereocenters. The zero-order valence-electron chi connectivity index (χ0n) is 15.4. The van der Waals surface area contributed by atoms with Crippen LogP contribution in [0.5, 0.6) is 0 Å². The lowest BCUT2D eigenvalue weighted by molar-refractivity contribution is 0.0787. The van der Waals surface area contributed by atoms with Gasteiger partial charge in [0.1, 0.15) is 24.4 Å². The number of hydrogen-bond acceptors (Lipinski definition) is 3. The highest BCUT2D eigenvalue weighted by Gasteiger charge is 2.26. The van der Waals surface area contributed by atoms with E-state index in [0.717, 1.165) is 11.3 Å². The molecule has 3 aromatic rings. The van der Waals surface area contributed by atoms with E-state index in [2.05, 4.69) is 16.8 Å². The van der Waals surface area contributed by atoms with Crippen LogP contribution in [0.15, 0.2) is 54.9 Å². The average Bonchev–Trinajstić information content (AvgIpc) is 3.05. The highest BCUT2D eigenvalue weighted by molar-refractivity contribution is 5.98. The molecule has 0 aliphatic carbocycles. The summed E-state index contributed by atoms with van der Waals surface area (Å²) >= 11 is 0. The number of nitrogens with zero attached hydrogens (tertiary/aromatic N) is 3. The summed E-state index contributed by atoms with van der Waals surface area (Å²) in [4.78, 5) is 18.5. The Bertz CT molecular complexity index is 1080. The maximum absolute atomic E-state index is 13.6. The van der Waals surface area contributed by atoms with Crippen molar-refractivity contribution in [3.05, 3.63) is 83.2 Å². The van der Waals surface area contributed by atoms with E-state index in [9.17, 15) is 9.18 Å². The second-order valence-electron chi connectivity index (χ2n) is 6.51. The summed E-state index contributed by atoms with van der Waals surface area (Å²) in [6.07, 6.45) is 1.62. The molecule has 2 aromatic carbocycles. The number of imidazole rings is 1. The Morgan fingerprint density at radius 3 is 2.86 bits per heavy atom. The van der Waals surface area contributed by atoms with Gasteiger partial charge in [0.05, 0.1) is 30.1 Å². The third-order valence-electron chi connectivity index (χ3n) is 4.54. The highest BCUT2D eigenvalue weighted by atomic mass is 19.1. The summed E-state index contributed by atoms with van der Waals surface area (Å²) in [5.74, 6) is 5.32. The Hall–Kier alpha value is -3.43. The Morgan fingerprint density at radius 2 is 2.04 bits per heavy atom. The standard InChI is InChI=1S/C22H18FN3O2/c1-25-13-21-19(8-5-11-28-14-16-6-3-2-4-7-16)24-15-26(21)20-10-9-17(23)12-18(20)22(25)27/h2-4,6-7,9-10,12,15H,11,13-14H2,1H3. The Kier molecular flexibility index (Phi) is 4.92. The van der Waals surface area contributed by atoms with Crippen LogP contribution in [0.1, 0.15) is 27.3 Å². The number of benzene rings is 2. The van der Waals surface area contributed by atoms with Crippen LogP contribution in [0.3, 0.4) is 0 Å². The van der Waals surface area contributed by atoms with Gasteiger partial charge in [0.15, 0.2) is 0 Å². The number of hydrogen-bond donors (Lipinski definition) is 0. The van der Waals surface area contributed by atoms with E-state index in [1.54, 1.807) is 24.0 Å². The zero-order valence-corrected chi connectivity index (χ0v) is 15.4. The monoisotopic (exact) mass is 375 g/mol. The SMILES string of the molecule is CN1Cc2c(C#CCOCc3ccccc3)ncn2-c2ccc(F)cc2C1=O. The molecule has 1 aliphatic heterocycles. The van der Waals surface area contributed by atoms with Gasteiger partial charge >= 0.3 is 0 Å². The second kappa shape index (κ2) is 7.67. The van der Waals surface area contributed by atoms with Crippen molar-refractivity contribution < 1.29 is 13.9 Å². The van der Waals surface area contributed by atoms with Crippen LogP contribution in [-0.2, 0) is 17.9 Å². The molecule has 0 bridgehead atoms. The summed E-state index contributed by atoms with van der Waals surface area (Å²) in [5.41, 5.74) is 3.37. The number of carbonyl (C=O) groups is 1. The van der Waals surface area contributed by atoms with Gasteiger partial charge in [-0.3, -0.25) is 9.36 Å². The number of aromatic nitrogens is 2. The largest absolute Gasteiger partial charge is 0.364 e. The minimum Gasteiger partial charge on any atom is -0.364 e. The van der Waals surface area contributed by atoms with E-state index in [1.807, 2.05) is 30.3 Å². The first-order valence-electron chi connectivity index (χ1n) is 8.85. The first-order chi connectivity index (χ1) is 13.6. The quantitative estimate of drug-likeness (QED) is 0.522. The molecule has 1 aromatic heterocycles. The third-order valence-corrected chi connectivity index (χ3v) is 4.54. The van der Waals surface area contributed by atoms with E-state index >= 15 is 0 Å². The van der Waals surface area contributed by atoms with Gasteiger partial charge in [0.25, 0.3) is 5.91 Å². The van der Waals surface area contributed by atoms with Crippen molar-refractivity contribution in [2.24, 2.45) is 0 Å². The fourth-order valence-corrected chi connectivity index (χ4v) is 3.14. The summed E-state index contributed by atoms with van der Waals surface area (Å²) in [6.45, 7) is 1.11. The Labute approximate surface area is 162 Å². The molecule has 0 unspecified atom stereocenters. The molecule has 0 saturated heterocycles. The predicted octanol–water partition coefficient (Wildman–Crippen LogP) is 3.17. The van der Waals surface area contributed by atoms with E-state index in [1.165, 1.54) is 17.0 Å². The summed E-state index contributed by atoms with van der Waals surface area (Å²) in [6, 6.07) is 14.1. The smallest absolute Gasteiger partial charge is 0.256 e. The lowest BCUT2D eigenvalue weighted by Crippen LogP contribution is -2.25. The molecule has 0 N–H and O–H groups in total. The Balaban J connectivity index is 1.55. The number of halogens is 1. The van der Waals surface area contributed by atoms with Crippen LogP contribution in [0.2, 0.25) is 0 Å². The molecule has 2 heterocycles. The van der Waals surface area contributed by atoms with Gasteiger partial charge in [0.2, 0.25) is 0 Å². The number of rotatable bonds is 3. The first kappa shape index (κ1) is 18.0. The second-order valence-corrected chi connectivity index (χ2v) is 6.51. The first-order valence-corrected chi connectivity index (χ1v) is 8.85. The topological polar surface area (TPSA) is 47.4 Å². The van der Waals surface area contributed by atoms with E-state index in [-0.39, 0.29) is 12.5 Å². The lowest BCUT2D eigenvalue weighted by atomic mass is 10.1. The number of ether oxygens (including phenoxy) is 1. The van der Waals surface area contributed by atoms with E-state index < -0.39 is 5.82 Å². The summed E-state index contributed by atoms with van der Waals surface area (Å²) in [7, 11) is 1.68. The molecule has 0 fully saturated rings. The molecule has 4 rings (SSSR count). The zero-order chi connectivity index (χ0) is 19.5. The summed E-state index contributed by atoms with van der Waals surface area (Å²) in [5, 5.41) is 0. The van der Waals surface area contributed by atoms with Crippen LogP contribution >= 0.6 is 0 Å². The molecule has 140 valence electrons. The number of carbonyl (C=O) groups excluding carboxylic acids is 1. The fourth-order valence-electron chi connectivity index (χ4n) is 3.14. The maximum atomic E-state index is 13.6. The lowest BCUT2D eigenvalue weighted by Gasteiger charge is -2.13. The molecular weight excluding hydrogens is 357 g/mol. The van der Waals surface area contributed by atoms with Crippen LogP contribution in [-0.4, -0.2) is 34.0 Å². The minimum absolute atomic E-state index is 0.233. The van der Waals surface area contributed by atoms with Crippen molar-refractivity contribution in [3.63, 3.8) is 0 Å². The molecule has 6 heteroatoms. The molecular formula is C22H18FN3O2. The van der Waals surface area contributed by atoms with Crippen LogP contribution < -0.4 is 0 Å². The van der Waals surface area contributed by atoms with Gasteiger partial charge < -0.3 is 9.64 Å². The normalized spacial score (nSPS) is 12.6. The van der Waals surface area contributed by atoms with Gasteiger partial charge in [-0.05, 0) is 29.7 Å². The maximum Gasteiger partial charge on any atom is 0.256 e. The van der Waals surface area contributed by atoms with E-state index in [0.29, 0.717) is 30.1 Å². The molecule has 28 heavy (non-hydrogen) atoms. The molecule has 5 nitrogen and oxygen atoms in total. The van der Waals surface area contributed by atoms with Gasteiger partial charge in [-0.2, -0.15) is 0 Å². The predicted molar refractivity (Wildman–Crippen MR) is 102 cm³/mol. The van der Waals surface area contributed by atoms with Crippen molar-refractivity contribution in [3.8, 4) is 17.5 Å². The van der Waals surface area contributed by atoms with E-state index in [4.69, 9.17) is 4.74 Å². The van der Waals surface area contributed by atoms with Crippen molar-refractivity contribution in [2.45, 2.75) is 13.2 Å². The van der Waals surface area contributed by atoms with Gasteiger partial charge in [-0.1, -0.05) is 36.3 Å². The van der Waals surface area contributed by atoms with Crippen LogP contribution in [0.25, 0.3) is 5.69 Å². The summed E-state index contributed by atoms with van der Waals surface area (Å²) < 4.78 is 21.0. The van der Waals surface area contributed by atoms with Crippen molar-refractivity contribution in [1.82, 2.24) is 14.5 Å². The molecule has 0 spiro atoms. The van der Waals surface area contributed by atoms with Crippen LogP contribution in [0, 0.1) is 17.7 Å². The van der Waals surface area contributed by atoms with Crippen molar-refractivity contribution >= 4 is 5.91 Å². The molecule has 1 aliphatic rings. The van der Waals surface area contributed by atoms with Gasteiger partial charge in [-0.25, -0.2) is 9.37 Å². The fraction of sp³-hybridized carbons (Fsp3) is 0.182. The van der Waals surface area contributed by atoms with Crippen molar-refractivity contribution in [1.29, 1.82) is 0 Å². The molecule has 0 saturated carbocycles. The van der Waals surface area contributed by atoms with Gasteiger partial charge in [-0.15, -0.1) is 0 Å². The number of amides is 1. The van der Waals surface area contributed by atoms with Gasteiger partial charge in [0, 0.05) is 7.05 Å². The molecule has 1 amide bonds.